The number of ether oxygens (including phenoxy) is 1. The number of benzene rings is 1. The number of aryl methyl sites for hydroxylation is 1. The fourth-order valence-corrected chi connectivity index (χ4v) is 1.24. The molecule has 0 amide bonds. The third-order valence-electron chi connectivity index (χ3n) is 2.19. The van der Waals surface area contributed by atoms with Crippen LogP contribution in [0, 0.1) is 6.92 Å². The number of morpholine rings is 1. The predicted octanol–water partition coefficient (Wildman–Crippen LogP) is 1.64. The van der Waals surface area contributed by atoms with Gasteiger partial charge in [0, 0.05) is 25.8 Å². The molecule has 15 heavy (non-hydrogen) atoms. The number of hydrogen-bond donors (Lipinski definition) is 2. The lowest BCUT2D eigenvalue weighted by Gasteiger charge is -2.10. The summed E-state index contributed by atoms with van der Waals surface area (Å²) in [6.07, 6.45) is 0. The Hall–Kier alpha value is -1.06. The van der Waals surface area contributed by atoms with Gasteiger partial charge >= 0.3 is 0 Å². The fourth-order valence-electron chi connectivity index (χ4n) is 1.24. The summed E-state index contributed by atoms with van der Waals surface area (Å²) in [5.41, 5.74) is 2.47. The van der Waals surface area contributed by atoms with E-state index in [1.807, 2.05) is 7.05 Å². The second-order valence-corrected chi connectivity index (χ2v) is 3.48. The van der Waals surface area contributed by atoms with Gasteiger partial charge in [-0.2, -0.15) is 0 Å². The Morgan fingerprint density at radius 1 is 1.13 bits per heavy atom. The second kappa shape index (κ2) is 7.26. The van der Waals surface area contributed by atoms with Crippen LogP contribution in [-0.2, 0) is 4.74 Å². The third kappa shape index (κ3) is 5.40. The maximum absolute atomic E-state index is 5.01. The molecule has 1 heterocycles. The van der Waals surface area contributed by atoms with E-state index in [2.05, 4.69) is 41.8 Å². The van der Waals surface area contributed by atoms with Crippen LogP contribution in [0.4, 0.5) is 5.69 Å². The Morgan fingerprint density at radius 3 is 2.07 bits per heavy atom. The molecule has 0 atom stereocenters. The number of hydrogen-bond acceptors (Lipinski definition) is 3. The summed E-state index contributed by atoms with van der Waals surface area (Å²) in [6.45, 7) is 5.92. The molecule has 1 aliphatic heterocycles. The minimum absolute atomic E-state index is 0.889. The van der Waals surface area contributed by atoms with Crippen molar-refractivity contribution >= 4 is 5.69 Å². The average molecular weight is 208 g/mol. The van der Waals surface area contributed by atoms with Crippen LogP contribution in [0.5, 0.6) is 0 Å². The van der Waals surface area contributed by atoms with Crippen LogP contribution >= 0.6 is 0 Å². The molecular weight excluding hydrogens is 188 g/mol. The Balaban J connectivity index is 0.000000162. The molecule has 84 valence electrons. The zero-order valence-electron chi connectivity index (χ0n) is 9.55. The van der Waals surface area contributed by atoms with Gasteiger partial charge in [0.15, 0.2) is 0 Å². The maximum Gasteiger partial charge on any atom is 0.0591 e. The molecule has 1 aromatic rings. The van der Waals surface area contributed by atoms with E-state index < -0.39 is 0 Å². The van der Waals surface area contributed by atoms with Gasteiger partial charge in [0.05, 0.1) is 13.2 Å². The molecule has 0 spiro atoms. The van der Waals surface area contributed by atoms with Crippen LogP contribution < -0.4 is 10.6 Å². The van der Waals surface area contributed by atoms with Gasteiger partial charge in [0.25, 0.3) is 0 Å². The molecule has 1 aromatic carbocycles. The normalized spacial score (nSPS) is 15.1. The predicted molar refractivity (Wildman–Crippen MR) is 64.4 cm³/mol. The first-order valence-corrected chi connectivity index (χ1v) is 5.36. The Morgan fingerprint density at radius 2 is 1.73 bits per heavy atom. The summed E-state index contributed by atoms with van der Waals surface area (Å²) in [5.74, 6) is 0. The highest BCUT2D eigenvalue weighted by Gasteiger charge is 1.92. The molecule has 0 saturated carbocycles. The molecule has 1 saturated heterocycles. The van der Waals surface area contributed by atoms with Crippen LogP contribution in [0.3, 0.4) is 0 Å². The molecule has 3 nitrogen and oxygen atoms in total. The quantitative estimate of drug-likeness (QED) is 0.736. The minimum Gasteiger partial charge on any atom is -0.388 e. The standard InChI is InChI=1S/C8H11N.C4H9NO/c1-7-3-5-8(9-2)6-4-7;1-3-6-4-2-5-1/h3-6,9H,1-2H3;5H,1-4H2. The Kier molecular flexibility index (Phi) is 5.81. The highest BCUT2D eigenvalue weighted by molar-refractivity contribution is 5.43. The van der Waals surface area contributed by atoms with E-state index in [-0.39, 0.29) is 0 Å². The fraction of sp³-hybridized carbons (Fsp3) is 0.500. The minimum atomic E-state index is 0.889. The van der Waals surface area contributed by atoms with Crippen LogP contribution in [0.25, 0.3) is 0 Å². The highest BCUT2D eigenvalue weighted by atomic mass is 16.5. The van der Waals surface area contributed by atoms with Crippen molar-refractivity contribution in [3.63, 3.8) is 0 Å². The molecule has 1 aliphatic rings. The topological polar surface area (TPSA) is 33.3 Å². The lowest BCUT2D eigenvalue weighted by atomic mass is 10.2. The van der Waals surface area contributed by atoms with Crippen LogP contribution in [0.2, 0.25) is 0 Å². The SMILES string of the molecule is C1COCCN1.CNc1ccc(C)cc1. The lowest BCUT2D eigenvalue weighted by molar-refractivity contribution is 0.109. The van der Waals surface area contributed by atoms with Crippen molar-refractivity contribution in [1.29, 1.82) is 0 Å². The summed E-state index contributed by atoms with van der Waals surface area (Å²) in [4.78, 5) is 0. The second-order valence-electron chi connectivity index (χ2n) is 3.48. The number of nitrogens with one attached hydrogen (secondary N) is 2. The molecule has 2 rings (SSSR count). The zero-order valence-corrected chi connectivity index (χ0v) is 9.55. The van der Waals surface area contributed by atoms with E-state index >= 15 is 0 Å². The largest absolute Gasteiger partial charge is 0.388 e. The van der Waals surface area contributed by atoms with Crippen molar-refractivity contribution in [2.24, 2.45) is 0 Å². The lowest BCUT2D eigenvalue weighted by Crippen LogP contribution is -2.30. The molecule has 0 bridgehead atoms. The highest BCUT2D eigenvalue weighted by Crippen LogP contribution is 2.06. The van der Waals surface area contributed by atoms with Crippen molar-refractivity contribution in [1.82, 2.24) is 5.32 Å². The molecule has 0 radical (unpaired) electrons. The van der Waals surface area contributed by atoms with Gasteiger partial charge < -0.3 is 15.4 Å². The Labute approximate surface area is 91.8 Å². The van der Waals surface area contributed by atoms with Crippen molar-refractivity contribution in [3.8, 4) is 0 Å². The molecule has 2 N–H and O–H groups in total. The average Bonchev–Trinajstić information content (AvgIpc) is 2.33. The Bertz CT molecular complexity index is 243. The van der Waals surface area contributed by atoms with Crippen molar-refractivity contribution in [2.45, 2.75) is 6.92 Å². The summed E-state index contributed by atoms with van der Waals surface area (Å²) < 4.78 is 5.01. The van der Waals surface area contributed by atoms with E-state index in [4.69, 9.17) is 4.74 Å². The summed E-state index contributed by atoms with van der Waals surface area (Å²) in [5, 5.41) is 6.21. The summed E-state index contributed by atoms with van der Waals surface area (Å²) in [6, 6.07) is 8.31. The van der Waals surface area contributed by atoms with Gasteiger partial charge in [-0.05, 0) is 19.1 Å². The number of rotatable bonds is 1. The summed E-state index contributed by atoms with van der Waals surface area (Å²) >= 11 is 0. The summed E-state index contributed by atoms with van der Waals surface area (Å²) in [7, 11) is 1.92. The monoisotopic (exact) mass is 208 g/mol. The molecule has 0 aromatic heterocycles. The van der Waals surface area contributed by atoms with Crippen molar-refractivity contribution < 1.29 is 4.74 Å². The molecular formula is C12H20N2O. The van der Waals surface area contributed by atoms with E-state index in [9.17, 15) is 0 Å². The van der Waals surface area contributed by atoms with Crippen LogP contribution in [0.15, 0.2) is 24.3 Å². The van der Waals surface area contributed by atoms with Gasteiger partial charge in [-0.1, -0.05) is 17.7 Å². The van der Waals surface area contributed by atoms with Crippen LogP contribution in [0.1, 0.15) is 5.56 Å². The number of anilines is 1. The molecule has 1 fully saturated rings. The molecule has 0 unspecified atom stereocenters. The van der Waals surface area contributed by atoms with E-state index in [1.54, 1.807) is 0 Å². The smallest absolute Gasteiger partial charge is 0.0591 e. The van der Waals surface area contributed by atoms with E-state index in [1.165, 1.54) is 11.3 Å². The maximum atomic E-state index is 5.01. The van der Waals surface area contributed by atoms with E-state index in [0.717, 1.165) is 26.3 Å². The first-order valence-electron chi connectivity index (χ1n) is 5.36. The molecule has 3 heteroatoms. The van der Waals surface area contributed by atoms with Gasteiger partial charge in [-0.25, -0.2) is 0 Å². The van der Waals surface area contributed by atoms with Gasteiger partial charge in [-0.15, -0.1) is 0 Å². The van der Waals surface area contributed by atoms with Crippen molar-refractivity contribution in [3.05, 3.63) is 29.8 Å². The zero-order chi connectivity index (χ0) is 10.9. The first-order chi connectivity index (χ1) is 7.33. The van der Waals surface area contributed by atoms with Gasteiger partial charge in [0.2, 0.25) is 0 Å². The van der Waals surface area contributed by atoms with E-state index in [0.29, 0.717) is 0 Å². The van der Waals surface area contributed by atoms with Gasteiger partial charge in [-0.3, -0.25) is 0 Å². The van der Waals surface area contributed by atoms with Gasteiger partial charge in [0.1, 0.15) is 0 Å². The molecule has 0 aliphatic carbocycles. The van der Waals surface area contributed by atoms with Crippen molar-refractivity contribution in [2.75, 3.05) is 38.7 Å². The van der Waals surface area contributed by atoms with Crippen LogP contribution in [-0.4, -0.2) is 33.4 Å². The third-order valence-corrected chi connectivity index (χ3v) is 2.19. The first kappa shape index (κ1) is 12.0.